The number of nitrogens with zero attached hydrogens (tertiary/aromatic N) is 4. The second kappa shape index (κ2) is 6.75. The zero-order chi connectivity index (χ0) is 16.4. The quantitative estimate of drug-likeness (QED) is 0.866. The van der Waals surface area contributed by atoms with Crippen LogP contribution in [0.4, 0.5) is 5.82 Å². The molecule has 1 saturated heterocycles. The largest absolute Gasteiger partial charge is 0.497 e. The first kappa shape index (κ1) is 15.4. The van der Waals surface area contributed by atoms with E-state index in [2.05, 4.69) is 9.88 Å². The molecule has 0 spiro atoms. The Bertz CT molecular complexity index is 723. The predicted molar refractivity (Wildman–Crippen MR) is 94.5 cm³/mol. The fourth-order valence-corrected chi connectivity index (χ4v) is 3.73. The Morgan fingerprint density at radius 2 is 1.83 bits per heavy atom. The monoisotopic (exact) mass is 324 g/mol. The van der Waals surface area contributed by atoms with Crippen molar-refractivity contribution in [3.05, 3.63) is 29.6 Å². The fourth-order valence-electron chi connectivity index (χ4n) is 3.73. The Morgan fingerprint density at radius 3 is 2.62 bits per heavy atom. The van der Waals surface area contributed by atoms with Gasteiger partial charge in [0.05, 0.1) is 7.11 Å². The molecule has 0 N–H and O–H groups in total. The maximum atomic E-state index is 5.33. The third kappa shape index (κ3) is 2.95. The molecular formula is C19H24N4O. The number of hydrogen-bond acceptors (Lipinski definition) is 5. The van der Waals surface area contributed by atoms with Crippen LogP contribution >= 0.6 is 0 Å². The van der Waals surface area contributed by atoms with Crippen molar-refractivity contribution in [2.24, 2.45) is 0 Å². The summed E-state index contributed by atoms with van der Waals surface area (Å²) in [7, 11) is 1.67. The van der Waals surface area contributed by atoms with Gasteiger partial charge >= 0.3 is 0 Å². The van der Waals surface area contributed by atoms with Gasteiger partial charge in [0.25, 0.3) is 0 Å². The minimum Gasteiger partial charge on any atom is -0.497 e. The average molecular weight is 324 g/mol. The number of rotatable bonds is 3. The molecule has 126 valence electrons. The van der Waals surface area contributed by atoms with Crippen LogP contribution in [0.2, 0.25) is 0 Å². The van der Waals surface area contributed by atoms with Gasteiger partial charge in [-0.1, -0.05) is 12.8 Å². The minimum absolute atomic E-state index is 0.730. The molecule has 2 aliphatic rings. The van der Waals surface area contributed by atoms with Crippen molar-refractivity contribution in [2.75, 3.05) is 25.1 Å². The highest BCUT2D eigenvalue weighted by Gasteiger charge is 2.24. The van der Waals surface area contributed by atoms with Gasteiger partial charge in [0.15, 0.2) is 5.82 Å². The number of pyridine rings is 1. The van der Waals surface area contributed by atoms with Crippen LogP contribution in [0.3, 0.4) is 0 Å². The zero-order valence-electron chi connectivity index (χ0n) is 14.3. The van der Waals surface area contributed by atoms with E-state index in [1.807, 2.05) is 12.1 Å². The van der Waals surface area contributed by atoms with Gasteiger partial charge < -0.3 is 9.64 Å². The molecule has 5 nitrogen and oxygen atoms in total. The molecule has 0 atom stereocenters. The van der Waals surface area contributed by atoms with E-state index >= 15 is 0 Å². The summed E-state index contributed by atoms with van der Waals surface area (Å²) in [5.74, 6) is 2.67. The maximum Gasteiger partial charge on any atom is 0.180 e. The number of ether oxygens (including phenoxy) is 1. The van der Waals surface area contributed by atoms with Crippen LogP contribution in [0.1, 0.15) is 43.4 Å². The molecule has 24 heavy (non-hydrogen) atoms. The van der Waals surface area contributed by atoms with E-state index < -0.39 is 0 Å². The van der Waals surface area contributed by atoms with Crippen LogP contribution < -0.4 is 9.64 Å². The van der Waals surface area contributed by atoms with Gasteiger partial charge in [-0.25, -0.2) is 9.97 Å². The smallest absolute Gasteiger partial charge is 0.180 e. The lowest BCUT2D eigenvalue weighted by atomic mass is 10.2. The third-order valence-corrected chi connectivity index (χ3v) is 5.01. The molecule has 1 aliphatic heterocycles. The summed E-state index contributed by atoms with van der Waals surface area (Å²) in [4.78, 5) is 16.7. The van der Waals surface area contributed by atoms with Crippen molar-refractivity contribution in [3.8, 4) is 17.3 Å². The first-order valence-electron chi connectivity index (χ1n) is 9.00. The van der Waals surface area contributed by atoms with Gasteiger partial charge in [-0.3, -0.25) is 4.98 Å². The van der Waals surface area contributed by atoms with Crippen molar-refractivity contribution >= 4 is 5.82 Å². The third-order valence-electron chi connectivity index (χ3n) is 5.01. The highest BCUT2D eigenvalue weighted by molar-refractivity contribution is 5.60. The number of anilines is 1. The molecule has 5 heteroatoms. The summed E-state index contributed by atoms with van der Waals surface area (Å²) in [6.07, 6.45) is 10.3. The van der Waals surface area contributed by atoms with E-state index in [0.717, 1.165) is 49.0 Å². The zero-order valence-corrected chi connectivity index (χ0v) is 14.3. The molecule has 0 saturated carbocycles. The van der Waals surface area contributed by atoms with Gasteiger partial charge in [-0.2, -0.15) is 0 Å². The molecule has 1 fully saturated rings. The summed E-state index contributed by atoms with van der Waals surface area (Å²) >= 11 is 0. The van der Waals surface area contributed by atoms with Crippen molar-refractivity contribution in [3.63, 3.8) is 0 Å². The molecule has 0 unspecified atom stereocenters. The Morgan fingerprint density at radius 1 is 1.00 bits per heavy atom. The van der Waals surface area contributed by atoms with Crippen molar-refractivity contribution in [2.45, 2.75) is 44.9 Å². The van der Waals surface area contributed by atoms with E-state index in [9.17, 15) is 0 Å². The summed E-state index contributed by atoms with van der Waals surface area (Å²) in [6, 6.07) is 3.77. The fraction of sp³-hybridized carbons (Fsp3) is 0.526. The predicted octanol–water partition coefficient (Wildman–Crippen LogP) is 3.42. The molecular weight excluding hydrogens is 300 g/mol. The Kier molecular flexibility index (Phi) is 4.32. The maximum absolute atomic E-state index is 5.33. The van der Waals surface area contributed by atoms with Crippen LogP contribution in [-0.4, -0.2) is 35.2 Å². The molecule has 2 aromatic rings. The molecule has 4 rings (SSSR count). The number of fused-ring (bicyclic) bond motifs is 1. The molecule has 0 bridgehead atoms. The lowest BCUT2D eigenvalue weighted by molar-refractivity contribution is 0.414. The summed E-state index contributed by atoms with van der Waals surface area (Å²) in [5.41, 5.74) is 3.37. The summed E-state index contributed by atoms with van der Waals surface area (Å²) in [6.45, 7) is 2.21. The molecule has 3 heterocycles. The summed E-state index contributed by atoms with van der Waals surface area (Å²) in [5, 5.41) is 0. The van der Waals surface area contributed by atoms with Gasteiger partial charge in [0, 0.05) is 36.6 Å². The van der Waals surface area contributed by atoms with E-state index in [1.54, 1.807) is 13.3 Å². The van der Waals surface area contributed by atoms with Crippen molar-refractivity contribution in [1.29, 1.82) is 0 Å². The molecule has 0 aromatic carbocycles. The number of aryl methyl sites for hydroxylation is 1. The lowest BCUT2D eigenvalue weighted by Gasteiger charge is -2.24. The Labute approximate surface area is 143 Å². The van der Waals surface area contributed by atoms with Gasteiger partial charge in [0.2, 0.25) is 0 Å². The topological polar surface area (TPSA) is 51.1 Å². The van der Waals surface area contributed by atoms with Gasteiger partial charge in [-0.15, -0.1) is 0 Å². The molecule has 0 amide bonds. The van der Waals surface area contributed by atoms with Crippen LogP contribution in [0, 0.1) is 0 Å². The second-order valence-corrected chi connectivity index (χ2v) is 6.63. The van der Waals surface area contributed by atoms with E-state index in [0.29, 0.717) is 0 Å². The lowest BCUT2D eigenvalue weighted by Crippen LogP contribution is -2.26. The first-order chi connectivity index (χ1) is 11.8. The molecule has 2 aromatic heterocycles. The van der Waals surface area contributed by atoms with E-state index in [-0.39, 0.29) is 0 Å². The SMILES string of the molecule is COc1ccnc(-c2nc3c(c(N4CCCCCC4)n2)CCC3)c1. The standard InChI is InChI=1S/C19H24N4O/c1-24-14-9-10-20-17(13-14)18-21-16-8-6-7-15(16)19(22-18)23-11-4-2-3-5-12-23/h9-10,13H,2-8,11-12H2,1H3. The Hall–Kier alpha value is -2.17. The number of aromatic nitrogens is 3. The first-order valence-corrected chi connectivity index (χ1v) is 9.00. The summed E-state index contributed by atoms with van der Waals surface area (Å²) < 4.78 is 5.33. The van der Waals surface area contributed by atoms with Crippen LogP contribution in [0.5, 0.6) is 5.75 Å². The highest BCUT2D eigenvalue weighted by atomic mass is 16.5. The van der Waals surface area contributed by atoms with Crippen molar-refractivity contribution < 1.29 is 4.74 Å². The average Bonchev–Trinajstić information content (AvgIpc) is 2.94. The normalized spacial score (nSPS) is 17.5. The van der Waals surface area contributed by atoms with Gasteiger partial charge in [0.1, 0.15) is 17.3 Å². The van der Waals surface area contributed by atoms with E-state index in [1.165, 1.54) is 43.4 Å². The Balaban J connectivity index is 1.77. The molecule has 1 aliphatic carbocycles. The number of methoxy groups -OCH3 is 1. The van der Waals surface area contributed by atoms with E-state index in [4.69, 9.17) is 14.7 Å². The molecule has 0 radical (unpaired) electrons. The van der Waals surface area contributed by atoms with Crippen molar-refractivity contribution in [1.82, 2.24) is 15.0 Å². The highest BCUT2D eigenvalue weighted by Crippen LogP contribution is 2.32. The van der Waals surface area contributed by atoms with Crippen LogP contribution in [-0.2, 0) is 12.8 Å². The van der Waals surface area contributed by atoms with Gasteiger partial charge in [-0.05, 0) is 38.2 Å². The number of hydrogen-bond donors (Lipinski definition) is 0. The minimum atomic E-state index is 0.730. The van der Waals surface area contributed by atoms with Crippen LogP contribution in [0.25, 0.3) is 11.5 Å². The van der Waals surface area contributed by atoms with Crippen LogP contribution in [0.15, 0.2) is 18.3 Å². The second-order valence-electron chi connectivity index (χ2n) is 6.63.